The summed E-state index contributed by atoms with van der Waals surface area (Å²) in [6.45, 7) is 2.00. The Morgan fingerprint density at radius 3 is 2.52 bits per heavy atom. The van der Waals surface area contributed by atoms with Gasteiger partial charge in [0.05, 0.1) is 10.6 Å². The number of carbonyl (C=O) groups is 1. The van der Waals surface area contributed by atoms with E-state index in [1.165, 1.54) is 19.2 Å². The molecule has 9 heteroatoms. The average Bonchev–Trinajstić information content (AvgIpc) is 3.35. The van der Waals surface area contributed by atoms with Crippen molar-refractivity contribution in [2.75, 3.05) is 12.4 Å². The van der Waals surface area contributed by atoms with E-state index in [1.54, 1.807) is 29.1 Å². The fraction of sp³-hybridized carbons (Fsp3) is 0.375. The van der Waals surface area contributed by atoms with Crippen LogP contribution in [-0.2, 0) is 10.0 Å². The Morgan fingerprint density at radius 2 is 1.92 bits per heavy atom. The summed E-state index contributed by atoms with van der Waals surface area (Å²) in [4.78, 5) is 12.1. The summed E-state index contributed by atoms with van der Waals surface area (Å²) in [5, 5.41) is 9.88. The molecule has 0 radical (unpaired) electrons. The largest absolute Gasteiger partial charge is 0.335 e. The third kappa shape index (κ3) is 4.18. The van der Waals surface area contributed by atoms with Crippen molar-refractivity contribution in [3.8, 4) is 5.69 Å². The van der Waals surface area contributed by atoms with E-state index in [-0.39, 0.29) is 17.0 Å². The fourth-order valence-electron chi connectivity index (χ4n) is 2.50. The second kappa shape index (κ2) is 6.85. The topological polar surface area (TPSA) is 105 Å². The van der Waals surface area contributed by atoms with Crippen LogP contribution in [0.4, 0.5) is 10.6 Å². The minimum atomic E-state index is -3.47. The lowest BCUT2D eigenvalue weighted by atomic mass is 10.2. The Morgan fingerprint density at radius 1 is 1.24 bits per heavy atom. The van der Waals surface area contributed by atoms with Gasteiger partial charge in [0, 0.05) is 18.3 Å². The van der Waals surface area contributed by atoms with Crippen molar-refractivity contribution < 1.29 is 13.2 Å². The van der Waals surface area contributed by atoms with E-state index in [1.807, 2.05) is 6.92 Å². The first-order chi connectivity index (χ1) is 11.9. The van der Waals surface area contributed by atoms with Crippen LogP contribution in [0.5, 0.6) is 0 Å². The van der Waals surface area contributed by atoms with Crippen LogP contribution in [0.25, 0.3) is 5.69 Å². The lowest BCUT2D eigenvalue weighted by Gasteiger charge is -2.12. The van der Waals surface area contributed by atoms with Crippen molar-refractivity contribution in [3.05, 3.63) is 36.5 Å². The van der Waals surface area contributed by atoms with Crippen LogP contribution in [0.15, 0.2) is 41.4 Å². The first-order valence-corrected chi connectivity index (χ1v) is 9.54. The van der Waals surface area contributed by atoms with E-state index < -0.39 is 10.0 Å². The Balaban J connectivity index is 1.65. The number of nitrogens with zero attached hydrogens (tertiary/aromatic N) is 2. The standard InChI is InChI=1S/C16H21N5O3S/c1-11(12-3-4-12)18-16(22)19-15-9-10-21(20-15)13-5-7-14(8-6-13)25(23,24)17-2/h5-12,17H,3-4H2,1-2H3,(H2,18,19,20,22)/t11-/m0/s1. The SMILES string of the molecule is CNS(=O)(=O)c1ccc(-n2ccc(NC(=O)N[C@@H](C)C3CC3)n2)cc1. The second-order valence-corrected chi connectivity index (χ2v) is 7.96. The lowest BCUT2D eigenvalue weighted by Crippen LogP contribution is -2.37. The van der Waals surface area contributed by atoms with E-state index >= 15 is 0 Å². The zero-order valence-corrected chi connectivity index (χ0v) is 14.9. The molecule has 2 amide bonds. The molecule has 0 saturated heterocycles. The molecule has 1 aromatic heterocycles. The van der Waals surface area contributed by atoms with Gasteiger partial charge in [-0.1, -0.05) is 0 Å². The molecule has 1 saturated carbocycles. The normalized spacial score (nSPS) is 15.6. The summed E-state index contributed by atoms with van der Waals surface area (Å²) in [5.74, 6) is 1.00. The third-order valence-corrected chi connectivity index (χ3v) is 5.63. The van der Waals surface area contributed by atoms with Crippen molar-refractivity contribution in [1.82, 2.24) is 19.8 Å². The summed E-state index contributed by atoms with van der Waals surface area (Å²) in [5.41, 5.74) is 0.690. The number of benzene rings is 1. The number of sulfonamides is 1. The van der Waals surface area contributed by atoms with Crippen molar-refractivity contribution in [2.45, 2.75) is 30.7 Å². The van der Waals surface area contributed by atoms with E-state index in [9.17, 15) is 13.2 Å². The molecule has 134 valence electrons. The summed E-state index contributed by atoms with van der Waals surface area (Å²) < 4.78 is 27.3. The lowest BCUT2D eigenvalue weighted by molar-refractivity contribution is 0.248. The van der Waals surface area contributed by atoms with Gasteiger partial charge in [0.2, 0.25) is 10.0 Å². The van der Waals surface area contributed by atoms with Gasteiger partial charge in [-0.15, -0.1) is 5.10 Å². The molecule has 2 aromatic rings. The maximum absolute atomic E-state index is 11.9. The van der Waals surface area contributed by atoms with Gasteiger partial charge in [-0.25, -0.2) is 22.6 Å². The van der Waals surface area contributed by atoms with Crippen LogP contribution in [0.1, 0.15) is 19.8 Å². The van der Waals surface area contributed by atoms with E-state index in [0.29, 0.717) is 17.4 Å². The average molecular weight is 363 g/mol. The predicted octanol–water partition coefficient (Wildman–Crippen LogP) is 1.70. The number of urea groups is 1. The van der Waals surface area contributed by atoms with E-state index in [0.717, 1.165) is 12.8 Å². The summed E-state index contributed by atoms with van der Waals surface area (Å²) in [6.07, 6.45) is 4.02. The molecule has 25 heavy (non-hydrogen) atoms. The molecular formula is C16H21N5O3S. The van der Waals surface area contributed by atoms with Crippen LogP contribution in [0.3, 0.4) is 0 Å². The molecule has 0 unspecified atom stereocenters. The zero-order valence-electron chi connectivity index (χ0n) is 14.1. The molecule has 1 aromatic carbocycles. The molecule has 1 fully saturated rings. The van der Waals surface area contributed by atoms with Crippen LogP contribution in [0.2, 0.25) is 0 Å². The number of nitrogens with one attached hydrogen (secondary N) is 3. The van der Waals surface area contributed by atoms with Crippen LogP contribution >= 0.6 is 0 Å². The van der Waals surface area contributed by atoms with Gasteiger partial charge in [0.15, 0.2) is 5.82 Å². The van der Waals surface area contributed by atoms with Crippen LogP contribution < -0.4 is 15.4 Å². The Kier molecular flexibility index (Phi) is 4.78. The minimum Gasteiger partial charge on any atom is -0.335 e. The molecule has 0 aliphatic heterocycles. The fourth-order valence-corrected chi connectivity index (χ4v) is 3.23. The highest BCUT2D eigenvalue weighted by molar-refractivity contribution is 7.89. The molecule has 1 atom stereocenters. The Bertz CT molecular complexity index is 856. The van der Waals surface area contributed by atoms with Gasteiger partial charge >= 0.3 is 6.03 Å². The number of hydrogen-bond donors (Lipinski definition) is 3. The second-order valence-electron chi connectivity index (χ2n) is 6.07. The van der Waals surface area contributed by atoms with Crippen LogP contribution in [-0.4, -0.2) is 37.3 Å². The molecular weight excluding hydrogens is 342 g/mol. The van der Waals surface area contributed by atoms with Gasteiger partial charge in [-0.2, -0.15) is 0 Å². The van der Waals surface area contributed by atoms with Gasteiger partial charge in [0.25, 0.3) is 0 Å². The van der Waals surface area contributed by atoms with Crippen molar-refractivity contribution >= 4 is 21.9 Å². The zero-order chi connectivity index (χ0) is 18.0. The Labute approximate surface area is 146 Å². The van der Waals surface area contributed by atoms with Gasteiger partial charge in [-0.05, 0) is 57.0 Å². The van der Waals surface area contributed by atoms with Crippen molar-refractivity contribution in [1.29, 1.82) is 0 Å². The maximum Gasteiger partial charge on any atom is 0.320 e. The van der Waals surface area contributed by atoms with Gasteiger partial charge < -0.3 is 5.32 Å². The molecule has 1 heterocycles. The Hall–Kier alpha value is -2.39. The first kappa shape index (κ1) is 17.4. The molecule has 1 aliphatic carbocycles. The number of rotatable bonds is 6. The molecule has 8 nitrogen and oxygen atoms in total. The van der Waals surface area contributed by atoms with Crippen molar-refractivity contribution in [3.63, 3.8) is 0 Å². The van der Waals surface area contributed by atoms with Gasteiger partial charge in [-0.3, -0.25) is 5.32 Å². The minimum absolute atomic E-state index is 0.156. The van der Waals surface area contributed by atoms with Gasteiger partial charge in [0.1, 0.15) is 0 Å². The monoisotopic (exact) mass is 363 g/mol. The van der Waals surface area contributed by atoms with Crippen molar-refractivity contribution in [2.24, 2.45) is 5.92 Å². The first-order valence-electron chi connectivity index (χ1n) is 8.06. The van der Waals surface area contributed by atoms with E-state index in [4.69, 9.17) is 0 Å². The third-order valence-electron chi connectivity index (χ3n) is 4.20. The molecule has 0 bridgehead atoms. The highest BCUT2D eigenvalue weighted by atomic mass is 32.2. The number of carbonyl (C=O) groups excluding carboxylic acids is 1. The highest BCUT2D eigenvalue weighted by Gasteiger charge is 2.28. The summed E-state index contributed by atoms with van der Waals surface area (Å²) in [7, 11) is -2.10. The van der Waals surface area contributed by atoms with E-state index in [2.05, 4.69) is 20.5 Å². The highest BCUT2D eigenvalue weighted by Crippen LogP contribution is 2.32. The molecule has 3 rings (SSSR count). The summed E-state index contributed by atoms with van der Waals surface area (Å²) in [6, 6.07) is 7.86. The molecule has 3 N–H and O–H groups in total. The molecule has 0 spiro atoms. The quantitative estimate of drug-likeness (QED) is 0.726. The van der Waals surface area contributed by atoms with Crippen LogP contribution in [0, 0.1) is 5.92 Å². The number of hydrogen-bond acceptors (Lipinski definition) is 4. The smallest absolute Gasteiger partial charge is 0.320 e. The maximum atomic E-state index is 11.9. The summed E-state index contributed by atoms with van der Waals surface area (Å²) >= 11 is 0. The molecule has 1 aliphatic rings. The number of anilines is 1. The number of amides is 2. The predicted molar refractivity (Wildman–Crippen MR) is 94.1 cm³/mol. The number of aromatic nitrogens is 2.